The van der Waals surface area contributed by atoms with Crippen molar-refractivity contribution >= 4 is 5.97 Å². The fourth-order valence-corrected chi connectivity index (χ4v) is 2.92. The zero-order valence-electron chi connectivity index (χ0n) is 10.1. The molecule has 0 radical (unpaired) electrons. The number of hydrogen-bond donors (Lipinski definition) is 3. The molecule has 0 spiro atoms. The first-order valence-corrected chi connectivity index (χ1v) is 6.38. The number of hydrogen-bond acceptors (Lipinski definition) is 4. The second-order valence-electron chi connectivity index (χ2n) is 5.06. The number of aromatic carboxylic acids is 1. The molecule has 1 fully saturated rings. The maximum absolute atomic E-state index is 11.2. The average Bonchev–Trinajstić information content (AvgIpc) is 2.93. The molecule has 2 aliphatic rings. The first kappa shape index (κ1) is 11.7. The Labute approximate surface area is 105 Å². The lowest BCUT2D eigenvalue weighted by Crippen LogP contribution is -2.26. The molecule has 3 heterocycles. The maximum atomic E-state index is 11.2. The summed E-state index contributed by atoms with van der Waals surface area (Å²) in [6.07, 6.45) is 1.63. The van der Waals surface area contributed by atoms with Gasteiger partial charge >= 0.3 is 5.97 Å². The van der Waals surface area contributed by atoms with Gasteiger partial charge in [0.2, 0.25) is 0 Å². The van der Waals surface area contributed by atoms with Crippen LogP contribution < -0.4 is 5.32 Å². The number of imidazole rings is 1. The molecule has 3 rings (SSSR count). The van der Waals surface area contributed by atoms with Crippen molar-refractivity contribution in [2.75, 3.05) is 13.1 Å². The van der Waals surface area contributed by atoms with E-state index >= 15 is 0 Å². The van der Waals surface area contributed by atoms with Gasteiger partial charge in [0.25, 0.3) is 0 Å². The largest absolute Gasteiger partial charge is 0.476 e. The number of carboxylic acids is 1. The molecule has 6 nitrogen and oxygen atoms in total. The fraction of sp³-hybridized carbons (Fsp3) is 0.667. The van der Waals surface area contributed by atoms with Crippen molar-refractivity contribution in [3.05, 3.63) is 17.2 Å². The van der Waals surface area contributed by atoms with Gasteiger partial charge in [-0.2, -0.15) is 0 Å². The van der Waals surface area contributed by atoms with Crippen LogP contribution in [0.3, 0.4) is 0 Å². The van der Waals surface area contributed by atoms with Gasteiger partial charge in [-0.3, -0.25) is 0 Å². The third-order valence-electron chi connectivity index (χ3n) is 3.85. The van der Waals surface area contributed by atoms with E-state index in [1.54, 1.807) is 0 Å². The first-order chi connectivity index (χ1) is 8.66. The highest BCUT2D eigenvalue weighted by atomic mass is 16.4. The third kappa shape index (κ3) is 1.81. The average molecular weight is 251 g/mol. The highest BCUT2D eigenvalue weighted by molar-refractivity contribution is 5.87. The predicted octanol–water partition coefficient (Wildman–Crippen LogP) is -0.0347. The lowest BCUT2D eigenvalue weighted by Gasteiger charge is -2.22. The molecule has 1 saturated heterocycles. The fourth-order valence-electron chi connectivity index (χ4n) is 2.92. The van der Waals surface area contributed by atoms with Crippen LogP contribution >= 0.6 is 0 Å². The Morgan fingerprint density at radius 3 is 2.94 bits per heavy atom. The summed E-state index contributed by atoms with van der Waals surface area (Å²) in [6.45, 7) is 2.48. The number of rotatable bonds is 2. The van der Waals surface area contributed by atoms with E-state index in [0.29, 0.717) is 31.0 Å². The molecule has 1 aromatic heterocycles. The van der Waals surface area contributed by atoms with Crippen LogP contribution in [0.4, 0.5) is 0 Å². The van der Waals surface area contributed by atoms with Gasteiger partial charge < -0.3 is 20.1 Å². The van der Waals surface area contributed by atoms with Crippen LogP contribution in [-0.2, 0) is 13.0 Å². The summed E-state index contributed by atoms with van der Waals surface area (Å²) in [7, 11) is 0. The van der Waals surface area contributed by atoms with Crippen molar-refractivity contribution in [2.24, 2.45) is 0 Å². The lowest BCUT2D eigenvalue weighted by molar-refractivity contribution is 0.0687. The van der Waals surface area contributed by atoms with Gasteiger partial charge in [-0.05, 0) is 19.4 Å². The van der Waals surface area contributed by atoms with E-state index in [1.165, 1.54) is 0 Å². The molecular weight excluding hydrogens is 234 g/mol. The maximum Gasteiger partial charge on any atom is 0.356 e. The molecule has 0 aliphatic carbocycles. The Balaban J connectivity index is 2.04. The van der Waals surface area contributed by atoms with Gasteiger partial charge in [-0.25, -0.2) is 9.78 Å². The smallest absolute Gasteiger partial charge is 0.356 e. The summed E-state index contributed by atoms with van der Waals surface area (Å²) in [5.41, 5.74) is 0.804. The number of aliphatic hydroxyl groups is 1. The van der Waals surface area contributed by atoms with Crippen LogP contribution in [0.1, 0.15) is 40.8 Å². The molecule has 2 aliphatic heterocycles. The summed E-state index contributed by atoms with van der Waals surface area (Å²) < 4.78 is 2.01. The van der Waals surface area contributed by atoms with Crippen LogP contribution in [0.25, 0.3) is 0 Å². The SMILES string of the molecule is O=C(O)c1nc(C2CCNC2)n2c1CC(O)CC2. The van der Waals surface area contributed by atoms with Gasteiger partial charge in [0.15, 0.2) is 5.69 Å². The third-order valence-corrected chi connectivity index (χ3v) is 3.85. The van der Waals surface area contributed by atoms with E-state index in [0.717, 1.165) is 25.3 Å². The van der Waals surface area contributed by atoms with E-state index in [9.17, 15) is 15.0 Å². The topological polar surface area (TPSA) is 87.4 Å². The highest BCUT2D eigenvalue weighted by Crippen LogP contribution is 2.28. The van der Waals surface area contributed by atoms with Crippen LogP contribution in [0.2, 0.25) is 0 Å². The van der Waals surface area contributed by atoms with E-state index in [-0.39, 0.29) is 5.69 Å². The van der Waals surface area contributed by atoms with Gasteiger partial charge in [0, 0.05) is 25.4 Å². The predicted molar refractivity (Wildman–Crippen MR) is 63.7 cm³/mol. The van der Waals surface area contributed by atoms with Crippen molar-refractivity contribution in [1.29, 1.82) is 0 Å². The molecule has 0 amide bonds. The normalized spacial score (nSPS) is 27.2. The van der Waals surface area contributed by atoms with Crippen molar-refractivity contribution in [2.45, 2.75) is 37.8 Å². The first-order valence-electron chi connectivity index (χ1n) is 6.38. The van der Waals surface area contributed by atoms with E-state index in [4.69, 9.17) is 0 Å². The molecule has 0 bridgehead atoms. The molecule has 3 N–H and O–H groups in total. The summed E-state index contributed by atoms with van der Waals surface area (Å²) in [5, 5.41) is 22.2. The second-order valence-corrected chi connectivity index (χ2v) is 5.06. The molecule has 0 saturated carbocycles. The van der Waals surface area contributed by atoms with Gasteiger partial charge in [-0.1, -0.05) is 0 Å². The Morgan fingerprint density at radius 2 is 2.28 bits per heavy atom. The summed E-state index contributed by atoms with van der Waals surface area (Å²) >= 11 is 0. The quantitative estimate of drug-likeness (QED) is 0.687. The Morgan fingerprint density at radius 1 is 1.44 bits per heavy atom. The van der Waals surface area contributed by atoms with Crippen LogP contribution in [0.15, 0.2) is 0 Å². The van der Waals surface area contributed by atoms with Crippen molar-refractivity contribution in [3.63, 3.8) is 0 Å². The van der Waals surface area contributed by atoms with Gasteiger partial charge in [0.05, 0.1) is 11.8 Å². The molecule has 98 valence electrons. The number of nitrogens with one attached hydrogen (secondary N) is 1. The summed E-state index contributed by atoms with van der Waals surface area (Å²) in [4.78, 5) is 15.6. The summed E-state index contributed by atoms with van der Waals surface area (Å²) in [5.74, 6) is 0.177. The van der Waals surface area contributed by atoms with Crippen LogP contribution in [-0.4, -0.2) is 44.9 Å². The van der Waals surface area contributed by atoms with Crippen LogP contribution in [0.5, 0.6) is 0 Å². The van der Waals surface area contributed by atoms with Gasteiger partial charge in [-0.15, -0.1) is 0 Å². The van der Waals surface area contributed by atoms with E-state index in [2.05, 4.69) is 10.3 Å². The van der Waals surface area contributed by atoms with E-state index < -0.39 is 12.1 Å². The summed E-state index contributed by atoms with van der Waals surface area (Å²) in [6, 6.07) is 0. The zero-order valence-corrected chi connectivity index (χ0v) is 10.1. The Bertz CT molecular complexity index is 477. The van der Waals surface area contributed by atoms with Crippen molar-refractivity contribution in [1.82, 2.24) is 14.9 Å². The molecule has 6 heteroatoms. The Kier molecular flexibility index (Phi) is 2.83. The minimum Gasteiger partial charge on any atom is -0.476 e. The molecular formula is C12H17N3O3. The standard InChI is InChI=1S/C12H17N3O3/c16-8-2-4-15-9(5-8)10(12(17)18)14-11(15)7-1-3-13-6-7/h7-8,13,16H,1-6H2,(H,17,18). The zero-order chi connectivity index (χ0) is 12.7. The minimum absolute atomic E-state index is 0.121. The van der Waals surface area contributed by atoms with E-state index in [1.807, 2.05) is 4.57 Å². The van der Waals surface area contributed by atoms with Crippen molar-refractivity contribution in [3.8, 4) is 0 Å². The van der Waals surface area contributed by atoms with Crippen LogP contribution in [0, 0.1) is 0 Å². The second kappa shape index (κ2) is 4.37. The molecule has 18 heavy (non-hydrogen) atoms. The molecule has 1 aromatic rings. The molecule has 0 aromatic carbocycles. The highest BCUT2D eigenvalue weighted by Gasteiger charge is 2.31. The number of carboxylic acid groups (broad SMARTS) is 1. The number of carbonyl (C=O) groups is 1. The number of nitrogens with zero attached hydrogens (tertiary/aromatic N) is 2. The number of aromatic nitrogens is 2. The lowest BCUT2D eigenvalue weighted by atomic mass is 10.0. The van der Waals surface area contributed by atoms with Gasteiger partial charge in [0.1, 0.15) is 5.82 Å². The van der Waals surface area contributed by atoms with Crippen molar-refractivity contribution < 1.29 is 15.0 Å². The number of aliphatic hydroxyl groups excluding tert-OH is 1. The Hall–Kier alpha value is -1.40. The minimum atomic E-state index is -0.995. The number of fused-ring (bicyclic) bond motifs is 1. The molecule has 2 unspecified atom stereocenters. The molecule has 2 atom stereocenters. The monoisotopic (exact) mass is 251 g/mol.